The molecule has 0 aromatic heterocycles. The normalized spacial score (nSPS) is 25.7. The van der Waals surface area contributed by atoms with Crippen molar-refractivity contribution in [2.75, 3.05) is 0 Å². The first-order chi connectivity index (χ1) is 12.2. The number of hydrazine groups is 1. The van der Waals surface area contributed by atoms with Gasteiger partial charge in [0, 0.05) is 21.7 Å². The van der Waals surface area contributed by atoms with Crippen LogP contribution in [0.25, 0.3) is 0 Å². The Labute approximate surface area is 165 Å². The number of halogens is 1. The van der Waals surface area contributed by atoms with E-state index in [0.29, 0.717) is 10.6 Å². The maximum absolute atomic E-state index is 12.8. The molecule has 3 aliphatic heterocycles. The number of benzene rings is 1. The predicted octanol–water partition coefficient (Wildman–Crippen LogP) is 2.62. The molecule has 1 fully saturated rings. The van der Waals surface area contributed by atoms with Crippen LogP contribution in [0.4, 0.5) is 0 Å². The van der Waals surface area contributed by atoms with Crippen molar-refractivity contribution in [2.45, 2.75) is 28.6 Å². The van der Waals surface area contributed by atoms with Crippen LogP contribution in [0, 0.1) is 6.92 Å². The van der Waals surface area contributed by atoms with Gasteiger partial charge in [-0.3, -0.25) is 10.3 Å². The van der Waals surface area contributed by atoms with Crippen LogP contribution in [-0.2, 0) is 10.0 Å². The van der Waals surface area contributed by atoms with Gasteiger partial charge in [-0.25, -0.2) is 4.99 Å². The molecule has 0 aliphatic carbocycles. The molecule has 136 valence electrons. The summed E-state index contributed by atoms with van der Waals surface area (Å²) in [7, 11) is -4.01. The molecule has 3 aliphatic rings. The molecule has 26 heavy (non-hydrogen) atoms. The lowest BCUT2D eigenvalue weighted by atomic mass is 10.2. The largest absolute Gasteiger partial charge is 0.287 e. The second-order valence-corrected chi connectivity index (χ2v) is 9.83. The predicted molar refractivity (Wildman–Crippen MR) is 107 cm³/mol. The number of aliphatic imine (C=N–C) groups is 1. The number of allylic oxidation sites excluding steroid dienone is 1. The van der Waals surface area contributed by atoms with Gasteiger partial charge in [0.05, 0.1) is 0 Å². The van der Waals surface area contributed by atoms with E-state index in [9.17, 15) is 8.42 Å². The zero-order valence-corrected chi connectivity index (χ0v) is 17.0. The molecule has 1 spiro atoms. The third-order valence-corrected chi connectivity index (χ3v) is 7.60. The van der Waals surface area contributed by atoms with Crippen LogP contribution in [0.5, 0.6) is 0 Å². The zero-order chi connectivity index (χ0) is 18.7. The van der Waals surface area contributed by atoms with Crippen LogP contribution < -0.4 is 10.9 Å². The molecular weight excluding hydrogens is 414 g/mol. The van der Waals surface area contributed by atoms with Crippen molar-refractivity contribution in [3.05, 3.63) is 45.5 Å². The van der Waals surface area contributed by atoms with Gasteiger partial charge >= 0.3 is 0 Å². The van der Waals surface area contributed by atoms with E-state index in [0.717, 1.165) is 10.5 Å². The Morgan fingerprint density at radius 3 is 2.92 bits per heavy atom. The Kier molecular flexibility index (Phi) is 4.16. The van der Waals surface area contributed by atoms with E-state index in [1.807, 2.05) is 13.0 Å². The number of rotatable bonds is 2. The molecule has 4 rings (SSSR count). The molecule has 0 amide bonds. The van der Waals surface area contributed by atoms with Crippen molar-refractivity contribution in [3.63, 3.8) is 0 Å². The van der Waals surface area contributed by atoms with Crippen LogP contribution >= 0.6 is 36.0 Å². The first kappa shape index (κ1) is 17.9. The number of hydrogen-bond acceptors (Lipinski definition) is 6. The lowest BCUT2D eigenvalue weighted by molar-refractivity contribution is 0.430. The summed E-state index contributed by atoms with van der Waals surface area (Å²) in [5.41, 5.74) is 7.52. The average molecular weight is 428 g/mol. The molecule has 7 nitrogen and oxygen atoms in total. The summed E-state index contributed by atoms with van der Waals surface area (Å²) in [4.78, 5) is 6.48. The van der Waals surface area contributed by atoms with E-state index in [1.54, 1.807) is 36.1 Å². The fourth-order valence-corrected chi connectivity index (χ4v) is 5.96. The van der Waals surface area contributed by atoms with E-state index in [-0.39, 0.29) is 15.8 Å². The molecule has 1 aromatic rings. The third kappa shape index (κ3) is 2.67. The number of nitrogens with zero attached hydrogens (tertiary/aromatic N) is 3. The van der Waals surface area contributed by atoms with Gasteiger partial charge in [0.2, 0.25) is 5.96 Å². The van der Waals surface area contributed by atoms with Gasteiger partial charge in [-0.2, -0.15) is 13.8 Å². The molecule has 1 aromatic carbocycles. The molecule has 2 N–H and O–H groups in total. The van der Waals surface area contributed by atoms with Gasteiger partial charge < -0.3 is 0 Å². The maximum atomic E-state index is 12.8. The number of thioether (sulfide) groups is 1. The van der Waals surface area contributed by atoms with Gasteiger partial charge in [0.1, 0.15) is 11.2 Å². The van der Waals surface area contributed by atoms with Crippen molar-refractivity contribution in [3.8, 4) is 0 Å². The van der Waals surface area contributed by atoms with Crippen molar-refractivity contribution in [1.29, 1.82) is 0 Å². The summed E-state index contributed by atoms with van der Waals surface area (Å²) < 4.78 is 29.7. The topological polar surface area (TPSA) is 86.2 Å². The Hall–Kier alpha value is -1.46. The lowest BCUT2D eigenvalue weighted by Gasteiger charge is -2.33. The second-order valence-electron chi connectivity index (χ2n) is 5.93. The Morgan fingerprint density at radius 2 is 2.15 bits per heavy atom. The summed E-state index contributed by atoms with van der Waals surface area (Å²) in [5, 5.41) is 0.447. The zero-order valence-electron chi connectivity index (χ0n) is 13.7. The van der Waals surface area contributed by atoms with Gasteiger partial charge in [0.15, 0.2) is 4.99 Å². The van der Waals surface area contributed by atoms with Crippen molar-refractivity contribution >= 4 is 58.3 Å². The van der Waals surface area contributed by atoms with Gasteiger partial charge in [-0.15, -0.1) is 17.0 Å². The molecule has 1 unspecified atom stereocenters. The summed E-state index contributed by atoms with van der Waals surface area (Å²) >= 11 is 11.8. The molecule has 0 radical (unpaired) electrons. The fourth-order valence-electron chi connectivity index (χ4n) is 2.86. The van der Waals surface area contributed by atoms with Crippen LogP contribution in [-0.4, -0.2) is 30.6 Å². The highest BCUT2D eigenvalue weighted by Gasteiger charge is 2.51. The smallest absolute Gasteiger partial charge is 0.286 e. The number of thiol groups is 1. The maximum Gasteiger partial charge on any atom is 0.286 e. The van der Waals surface area contributed by atoms with Crippen molar-refractivity contribution < 1.29 is 8.42 Å². The second kappa shape index (κ2) is 6.03. The highest BCUT2D eigenvalue weighted by atomic mass is 35.5. The van der Waals surface area contributed by atoms with Crippen LogP contribution in [0.1, 0.15) is 12.5 Å². The number of sulfonamides is 1. The minimum Gasteiger partial charge on any atom is -0.287 e. The van der Waals surface area contributed by atoms with Gasteiger partial charge in [-0.05, 0) is 42.5 Å². The molecule has 3 heterocycles. The molecule has 0 saturated carbocycles. The van der Waals surface area contributed by atoms with E-state index in [1.165, 1.54) is 12.1 Å². The third-order valence-electron chi connectivity index (χ3n) is 4.09. The van der Waals surface area contributed by atoms with Crippen molar-refractivity contribution in [1.82, 2.24) is 15.8 Å². The first-order valence-electron chi connectivity index (χ1n) is 7.51. The molecule has 1 atom stereocenters. The number of aryl methyl sites for hydroxylation is 1. The van der Waals surface area contributed by atoms with Crippen LogP contribution in [0.15, 0.2) is 54.1 Å². The average Bonchev–Trinajstić information content (AvgIpc) is 3.07. The summed E-state index contributed by atoms with van der Waals surface area (Å²) in [6.45, 7) is 3.71. The van der Waals surface area contributed by atoms with Gasteiger partial charge in [0.25, 0.3) is 10.0 Å². The van der Waals surface area contributed by atoms with E-state index < -0.39 is 15.0 Å². The molecule has 0 bridgehead atoms. The number of nitrogens with one attached hydrogen (secondary N) is 2. The van der Waals surface area contributed by atoms with E-state index in [2.05, 4.69) is 32.9 Å². The highest BCUT2D eigenvalue weighted by Crippen LogP contribution is 2.48. The Morgan fingerprint density at radius 1 is 1.38 bits per heavy atom. The summed E-state index contributed by atoms with van der Waals surface area (Å²) in [6.07, 6.45) is 5.27. The Bertz CT molecular complexity index is 1050. The monoisotopic (exact) mass is 427 g/mol. The molecular formula is C15H14ClN5O2S3. The minimum absolute atomic E-state index is 0.00363. The van der Waals surface area contributed by atoms with Crippen LogP contribution in [0.3, 0.4) is 0 Å². The highest BCUT2D eigenvalue weighted by molar-refractivity contribution is 8.04. The lowest BCUT2D eigenvalue weighted by Crippen LogP contribution is -2.50. The molecule has 11 heteroatoms. The SMILES string of the molecule is CC1=CC2=CN=CN3/C(=N\S(=O)(=O)c4cc(C)c(Cl)cc4S)NNC23S1. The van der Waals surface area contributed by atoms with Crippen LogP contribution in [0.2, 0.25) is 5.02 Å². The molecule has 1 saturated heterocycles. The summed E-state index contributed by atoms with van der Waals surface area (Å²) in [6, 6.07) is 2.96. The minimum atomic E-state index is -4.01. The first-order valence-corrected chi connectivity index (χ1v) is 10.6. The number of guanidine groups is 1. The fraction of sp³-hybridized carbons (Fsp3) is 0.200. The quantitative estimate of drug-likeness (QED) is 0.629. The van der Waals surface area contributed by atoms with Gasteiger partial charge in [-0.1, -0.05) is 23.4 Å². The van der Waals surface area contributed by atoms with Crippen molar-refractivity contribution in [2.24, 2.45) is 9.39 Å². The Balaban J connectivity index is 1.75. The van der Waals surface area contributed by atoms with E-state index in [4.69, 9.17) is 11.6 Å². The standard InChI is InChI=1S/C15H14ClN5O2S3/c1-8-3-13(12(24)5-11(8)16)26(22,23)19-14-18-20-15-10(4-9(2)25-15)6-17-7-21(14)15/h3-7,20,24H,1-2H3,(H,18,19). The van der Waals surface area contributed by atoms with E-state index >= 15 is 0 Å². The number of hydrogen-bond donors (Lipinski definition) is 3. The summed E-state index contributed by atoms with van der Waals surface area (Å²) in [5.74, 6) is 0.135.